The molecule has 0 aliphatic heterocycles. The van der Waals surface area contributed by atoms with Gasteiger partial charge in [0.05, 0.1) is 5.41 Å². The molecule has 0 atom stereocenters. The molecule has 0 aromatic carbocycles. The molecule has 3 nitrogen and oxygen atoms in total. The van der Waals surface area contributed by atoms with Crippen molar-refractivity contribution < 1.29 is 14.7 Å². The number of carbonyl (C=O) groups is 2. The average Bonchev–Trinajstić information content (AvgIpc) is 2.61. The second-order valence-electron chi connectivity index (χ2n) is 4.34. The highest BCUT2D eigenvalue weighted by atomic mass is 16.4. The summed E-state index contributed by atoms with van der Waals surface area (Å²) < 4.78 is 0. The van der Waals surface area contributed by atoms with Gasteiger partial charge >= 0.3 is 5.97 Å². The van der Waals surface area contributed by atoms with E-state index in [0.717, 1.165) is 12.8 Å². The highest BCUT2D eigenvalue weighted by molar-refractivity contribution is 5.98. The largest absolute Gasteiger partial charge is 0.481 e. The van der Waals surface area contributed by atoms with E-state index < -0.39 is 11.4 Å². The molecule has 66 valence electrons. The first kappa shape index (κ1) is 7.77. The Kier molecular flexibility index (Phi) is 1.23. The summed E-state index contributed by atoms with van der Waals surface area (Å²) in [5, 5.41) is 9.02. The van der Waals surface area contributed by atoms with Crippen LogP contribution in [0.1, 0.15) is 32.6 Å². The number of carboxylic acids is 1. The third-order valence-electron chi connectivity index (χ3n) is 3.56. The third kappa shape index (κ3) is 0.713. The molecule has 0 bridgehead atoms. The molecular weight excluding hydrogens is 156 g/mol. The molecule has 0 unspecified atom stereocenters. The standard InChI is InChI=1S/C9H12O3/c1-8(2-3-8)9(7(11)12)4-6(10)5-9/h2-5H2,1H3,(H,11,12). The molecule has 0 amide bonds. The summed E-state index contributed by atoms with van der Waals surface area (Å²) in [5.74, 6) is -0.673. The van der Waals surface area contributed by atoms with Crippen LogP contribution < -0.4 is 0 Å². The number of carboxylic acid groups (broad SMARTS) is 1. The Hall–Kier alpha value is -0.860. The number of hydrogen-bond acceptors (Lipinski definition) is 2. The Morgan fingerprint density at radius 2 is 1.92 bits per heavy atom. The van der Waals surface area contributed by atoms with Crippen LogP contribution in [0.4, 0.5) is 0 Å². The van der Waals surface area contributed by atoms with E-state index in [4.69, 9.17) is 5.11 Å². The molecule has 1 N–H and O–H groups in total. The summed E-state index contributed by atoms with van der Waals surface area (Å²) in [6.45, 7) is 1.98. The number of carbonyl (C=O) groups excluding carboxylic acids is 1. The topological polar surface area (TPSA) is 54.4 Å². The van der Waals surface area contributed by atoms with Gasteiger partial charge in [0, 0.05) is 12.8 Å². The van der Waals surface area contributed by atoms with Crippen molar-refractivity contribution in [2.75, 3.05) is 0 Å². The highest BCUT2D eigenvalue weighted by Gasteiger charge is 2.66. The molecule has 0 heterocycles. The van der Waals surface area contributed by atoms with Crippen LogP contribution in [0.15, 0.2) is 0 Å². The van der Waals surface area contributed by atoms with Gasteiger partial charge in [0.25, 0.3) is 0 Å². The Morgan fingerprint density at radius 1 is 1.42 bits per heavy atom. The van der Waals surface area contributed by atoms with Crippen LogP contribution in [0.2, 0.25) is 0 Å². The number of hydrogen-bond donors (Lipinski definition) is 1. The zero-order valence-corrected chi connectivity index (χ0v) is 7.09. The van der Waals surface area contributed by atoms with Gasteiger partial charge in [-0.15, -0.1) is 0 Å². The maximum absolute atomic E-state index is 11.0. The van der Waals surface area contributed by atoms with Gasteiger partial charge in [0.1, 0.15) is 5.78 Å². The lowest BCUT2D eigenvalue weighted by Gasteiger charge is -2.41. The van der Waals surface area contributed by atoms with Gasteiger partial charge < -0.3 is 5.11 Å². The fourth-order valence-electron chi connectivity index (χ4n) is 2.12. The van der Waals surface area contributed by atoms with E-state index in [0.29, 0.717) is 0 Å². The summed E-state index contributed by atoms with van der Waals surface area (Å²) in [7, 11) is 0. The van der Waals surface area contributed by atoms with Gasteiger partial charge in [-0.2, -0.15) is 0 Å². The van der Waals surface area contributed by atoms with Gasteiger partial charge in [0.15, 0.2) is 0 Å². The minimum Gasteiger partial charge on any atom is -0.481 e. The van der Waals surface area contributed by atoms with Crippen LogP contribution in [-0.2, 0) is 9.59 Å². The Bertz CT molecular complexity index is 255. The number of aliphatic carboxylic acids is 1. The van der Waals surface area contributed by atoms with E-state index in [1.165, 1.54) is 0 Å². The number of ketones is 1. The predicted molar refractivity (Wildman–Crippen MR) is 41.7 cm³/mol. The molecular formula is C9H12O3. The Balaban J connectivity index is 2.25. The minimum atomic E-state index is -0.776. The molecule has 2 aliphatic carbocycles. The smallest absolute Gasteiger partial charge is 0.311 e. The molecule has 2 fully saturated rings. The first-order chi connectivity index (χ1) is 5.50. The minimum absolute atomic E-state index is 0.0766. The van der Waals surface area contributed by atoms with Crippen molar-refractivity contribution in [2.24, 2.45) is 10.8 Å². The average molecular weight is 168 g/mol. The van der Waals surface area contributed by atoms with Crippen molar-refractivity contribution in [2.45, 2.75) is 32.6 Å². The quantitative estimate of drug-likeness (QED) is 0.674. The van der Waals surface area contributed by atoms with Gasteiger partial charge in [-0.05, 0) is 18.3 Å². The van der Waals surface area contributed by atoms with Gasteiger partial charge in [-0.1, -0.05) is 6.92 Å². The zero-order chi connectivity index (χ0) is 8.98. The first-order valence-corrected chi connectivity index (χ1v) is 4.25. The predicted octanol–water partition coefficient (Wildman–Crippen LogP) is 1.22. The number of rotatable bonds is 2. The van der Waals surface area contributed by atoms with E-state index in [1.54, 1.807) is 0 Å². The Morgan fingerprint density at radius 3 is 2.17 bits per heavy atom. The van der Waals surface area contributed by atoms with E-state index >= 15 is 0 Å². The third-order valence-corrected chi connectivity index (χ3v) is 3.56. The lowest BCUT2D eigenvalue weighted by molar-refractivity contribution is -0.167. The van der Waals surface area contributed by atoms with Gasteiger partial charge in [-0.25, -0.2) is 0 Å². The van der Waals surface area contributed by atoms with E-state index in [1.807, 2.05) is 6.92 Å². The van der Waals surface area contributed by atoms with Gasteiger partial charge in [-0.3, -0.25) is 9.59 Å². The van der Waals surface area contributed by atoms with Crippen molar-refractivity contribution in [3.63, 3.8) is 0 Å². The summed E-state index contributed by atoms with van der Waals surface area (Å²) in [6.07, 6.45) is 2.46. The molecule has 12 heavy (non-hydrogen) atoms. The number of Topliss-reactive ketones (excluding diaryl/α,β-unsaturated/α-hetero) is 1. The maximum Gasteiger partial charge on any atom is 0.311 e. The fourth-order valence-corrected chi connectivity index (χ4v) is 2.12. The second-order valence-corrected chi connectivity index (χ2v) is 4.34. The van der Waals surface area contributed by atoms with Crippen LogP contribution in [0, 0.1) is 10.8 Å². The molecule has 0 saturated heterocycles. The molecule has 0 radical (unpaired) electrons. The summed E-state index contributed by atoms with van der Waals surface area (Å²) in [6, 6.07) is 0. The van der Waals surface area contributed by atoms with Crippen LogP contribution in [0.25, 0.3) is 0 Å². The van der Waals surface area contributed by atoms with Gasteiger partial charge in [0.2, 0.25) is 0 Å². The van der Waals surface area contributed by atoms with E-state index in [2.05, 4.69) is 0 Å². The maximum atomic E-state index is 11.0. The second kappa shape index (κ2) is 1.90. The van der Waals surface area contributed by atoms with Crippen LogP contribution in [0.3, 0.4) is 0 Å². The molecule has 0 aromatic heterocycles. The molecule has 3 heteroatoms. The van der Waals surface area contributed by atoms with Crippen molar-refractivity contribution in [3.8, 4) is 0 Å². The normalized spacial score (nSPS) is 29.2. The van der Waals surface area contributed by atoms with Crippen molar-refractivity contribution in [3.05, 3.63) is 0 Å². The van der Waals surface area contributed by atoms with Crippen molar-refractivity contribution in [1.29, 1.82) is 0 Å². The lowest BCUT2D eigenvalue weighted by Crippen LogP contribution is -2.50. The molecule has 2 saturated carbocycles. The summed E-state index contributed by atoms with van der Waals surface area (Å²) >= 11 is 0. The Labute approximate surface area is 70.8 Å². The first-order valence-electron chi connectivity index (χ1n) is 4.25. The zero-order valence-electron chi connectivity index (χ0n) is 7.09. The molecule has 0 spiro atoms. The summed E-state index contributed by atoms with van der Waals surface area (Å²) in [5.41, 5.74) is -0.767. The highest BCUT2D eigenvalue weighted by Crippen LogP contribution is 2.65. The molecule has 2 rings (SSSR count). The summed E-state index contributed by atoms with van der Waals surface area (Å²) in [4.78, 5) is 21.8. The van der Waals surface area contributed by atoms with Crippen LogP contribution >= 0.6 is 0 Å². The molecule has 0 aromatic rings. The van der Waals surface area contributed by atoms with Crippen molar-refractivity contribution in [1.82, 2.24) is 0 Å². The fraction of sp³-hybridized carbons (Fsp3) is 0.778. The monoisotopic (exact) mass is 168 g/mol. The molecule has 2 aliphatic rings. The van der Waals surface area contributed by atoms with Crippen LogP contribution in [-0.4, -0.2) is 16.9 Å². The van der Waals surface area contributed by atoms with E-state index in [-0.39, 0.29) is 24.0 Å². The van der Waals surface area contributed by atoms with Crippen molar-refractivity contribution >= 4 is 11.8 Å². The van der Waals surface area contributed by atoms with E-state index in [9.17, 15) is 9.59 Å². The lowest BCUT2D eigenvalue weighted by atomic mass is 9.59. The SMILES string of the molecule is CC1(C2(C(=O)O)CC(=O)C2)CC1. The van der Waals surface area contributed by atoms with Crippen LogP contribution in [0.5, 0.6) is 0 Å².